The molecule has 2 aromatic carbocycles. The zero-order valence-electron chi connectivity index (χ0n) is 17.2. The molecule has 1 heterocycles. The van der Waals surface area contributed by atoms with Gasteiger partial charge >= 0.3 is 0 Å². The second-order valence-electron chi connectivity index (χ2n) is 6.96. The lowest BCUT2D eigenvalue weighted by Gasteiger charge is -2.20. The monoisotopic (exact) mass is 427 g/mol. The molecule has 0 saturated heterocycles. The molecule has 0 spiro atoms. The summed E-state index contributed by atoms with van der Waals surface area (Å²) in [5.41, 5.74) is 1.75. The molecule has 0 atom stereocenters. The molecule has 0 bridgehead atoms. The molecule has 1 aliphatic rings. The van der Waals surface area contributed by atoms with Crippen molar-refractivity contribution in [1.82, 2.24) is 10.2 Å². The van der Waals surface area contributed by atoms with Crippen LogP contribution in [0.15, 0.2) is 48.2 Å². The number of nitrogens with zero attached hydrogens (tertiary/aromatic N) is 1. The molecular weight excluding hydrogens is 402 g/mol. The summed E-state index contributed by atoms with van der Waals surface area (Å²) in [6.45, 7) is 7.81. The maximum absolute atomic E-state index is 12.4. The molecule has 0 aliphatic carbocycles. The summed E-state index contributed by atoms with van der Waals surface area (Å²) in [6.07, 6.45) is 2.53. The Labute approximate surface area is 181 Å². The van der Waals surface area contributed by atoms with Gasteiger partial charge in [0.05, 0.1) is 5.69 Å². The van der Waals surface area contributed by atoms with E-state index in [0.29, 0.717) is 28.6 Å². The number of hydrogen-bond donors (Lipinski definition) is 2. The first-order valence-electron chi connectivity index (χ1n) is 10.1. The number of rotatable bonds is 8. The minimum atomic E-state index is -0.366. The first kappa shape index (κ1) is 21.9. The van der Waals surface area contributed by atoms with Gasteiger partial charge in [0.25, 0.3) is 11.8 Å². The number of ether oxygens (including phenoxy) is 1. The van der Waals surface area contributed by atoms with Crippen molar-refractivity contribution in [1.29, 1.82) is 0 Å². The van der Waals surface area contributed by atoms with Gasteiger partial charge in [0.15, 0.2) is 11.5 Å². The number of anilines is 1. The van der Waals surface area contributed by atoms with Crippen LogP contribution in [0, 0.1) is 0 Å². The van der Waals surface area contributed by atoms with E-state index in [1.54, 1.807) is 48.5 Å². The van der Waals surface area contributed by atoms with Gasteiger partial charge in [0.2, 0.25) is 0 Å². The van der Waals surface area contributed by atoms with Gasteiger partial charge in [0.1, 0.15) is 0 Å². The minimum Gasteiger partial charge on any atom is -0.449 e. The van der Waals surface area contributed by atoms with Crippen molar-refractivity contribution in [2.24, 2.45) is 0 Å². The van der Waals surface area contributed by atoms with E-state index < -0.39 is 0 Å². The van der Waals surface area contributed by atoms with Crippen LogP contribution in [0.1, 0.15) is 36.2 Å². The lowest BCUT2D eigenvalue weighted by Crippen LogP contribution is -2.30. The van der Waals surface area contributed by atoms with Gasteiger partial charge in [0, 0.05) is 17.1 Å². The van der Waals surface area contributed by atoms with Crippen LogP contribution in [0.3, 0.4) is 0 Å². The largest absolute Gasteiger partial charge is 0.449 e. The molecule has 30 heavy (non-hydrogen) atoms. The number of hydrogen-bond acceptors (Lipinski definition) is 4. The van der Waals surface area contributed by atoms with Gasteiger partial charge < -0.3 is 20.3 Å². The molecule has 0 radical (unpaired) electrons. The smallest absolute Gasteiger partial charge is 0.291 e. The van der Waals surface area contributed by atoms with Gasteiger partial charge in [-0.25, -0.2) is 0 Å². The normalized spacial score (nSPS) is 14.3. The van der Waals surface area contributed by atoms with Crippen molar-refractivity contribution in [3.8, 4) is 5.75 Å². The van der Waals surface area contributed by atoms with Crippen molar-refractivity contribution in [3.63, 3.8) is 0 Å². The number of carbonyl (C=O) groups excluding carboxylic acids is 2. The van der Waals surface area contributed by atoms with E-state index in [0.717, 1.165) is 31.6 Å². The third kappa shape index (κ3) is 5.62. The van der Waals surface area contributed by atoms with Gasteiger partial charge in [-0.05, 0) is 68.0 Å². The van der Waals surface area contributed by atoms with E-state index in [9.17, 15) is 9.59 Å². The van der Waals surface area contributed by atoms with Gasteiger partial charge in [-0.1, -0.05) is 37.6 Å². The first-order valence-corrected chi connectivity index (χ1v) is 10.5. The first-order chi connectivity index (χ1) is 14.5. The molecule has 0 aromatic heterocycles. The summed E-state index contributed by atoms with van der Waals surface area (Å²) in [5.74, 6) is 0.134. The standard InChI is InChI=1S/C23H26ClN3O3/c1-3-27(4-2)13-5-12-25-22(28)17-8-11-20-19(15-17)26-23(29)21(30-20)14-16-6-9-18(24)10-7-16/h6-11,14-15H,3-5,12-13H2,1-2H3,(H,25,28)(H,26,29). The predicted octanol–water partition coefficient (Wildman–Crippen LogP) is 4.17. The molecule has 2 aromatic rings. The Morgan fingerprint density at radius 2 is 1.90 bits per heavy atom. The highest BCUT2D eigenvalue weighted by atomic mass is 35.5. The zero-order valence-corrected chi connectivity index (χ0v) is 18.0. The topological polar surface area (TPSA) is 70.7 Å². The fourth-order valence-corrected chi connectivity index (χ4v) is 3.28. The van der Waals surface area contributed by atoms with E-state index in [-0.39, 0.29) is 17.6 Å². The summed E-state index contributed by atoms with van der Waals surface area (Å²) >= 11 is 5.89. The number of halogens is 1. The van der Waals surface area contributed by atoms with E-state index >= 15 is 0 Å². The number of nitrogens with one attached hydrogen (secondary N) is 2. The highest BCUT2D eigenvalue weighted by molar-refractivity contribution is 6.30. The van der Waals surface area contributed by atoms with Gasteiger partial charge in [-0.3, -0.25) is 9.59 Å². The summed E-state index contributed by atoms with van der Waals surface area (Å²) in [7, 11) is 0. The average molecular weight is 428 g/mol. The van der Waals surface area contributed by atoms with Crippen LogP contribution >= 0.6 is 11.6 Å². The molecule has 0 fully saturated rings. The Bertz CT molecular complexity index is 937. The third-order valence-corrected chi connectivity index (χ3v) is 5.18. The quantitative estimate of drug-likeness (QED) is 0.490. The van der Waals surface area contributed by atoms with Crippen molar-refractivity contribution >= 4 is 35.2 Å². The van der Waals surface area contributed by atoms with Crippen molar-refractivity contribution in [2.75, 3.05) is 31.5 Å². The summed E-state index contributed by atoms with van der Waals surface area (Å²) in [5, 5.41) is 6.34. The third-order valence-electron chi connectivity index (χ3n) is 4.93. The van der Waals surface area contributed by atoms with E-state index in [1.165, 1.54) is 0 Å². The molecule has 1 aliphatic heterocycles. The van der Waals surface area contributed by atoms with Gasteiger partial charge in [-0.2, -0.15) is 0 Å². The maximum atomic E-state index is 12.4. The molecule has 0 saturated carbocycles. The minimum absolute atomic E-state index is 0.172. The SMILES string of the molecule is CCN(CC)CCCNC(=O)c1ccc2c(c1)NC(=O)C(=Cc1ccc(Cl)cc1)O2. The zero-order chi connectivity index (χ0) is 21.5. The Hall–Kier alpha value is -2.83. The molecular formula is C23H26ClN3O3. The summed E-state index contributed by atoms with van der Waals surface area (Å²) in [4.78, 5) is 27.1. The van der Waals surface area contributed by atoms with Crippen LogP contribution in [0.25, 0.3) is 6.08 Å². The fraction of sp³-hybridized carbons (Fsp3) is 0.304. The molecule has 2 N–H and O–H groups in total. The Morgan fingerprint density at radius 3 is 2.60 bits per heavy atom. The average Bonchev–Trinajstić information content (AvgIpc) is 2.75. The van der Waals surface area contributed by atoms with E-state index in [1.807, 2.05) is 0 Å². The maximum Gasteiger partial charge on any atom is 0.291 e. The van der Waals surface area contributed by atoms with Crippen LogP contribution in [0.2, 0.25) is 5.02 Å². The number of benzene rings is 2. The lowest BCUT2D eigenvalue weighted by atomic mass is 10.1. The predicted molar refractivity (Wildman–Crippen MR) is 120 cm³/mol. The van der Waals surface area contributed by atoms with Crippen LogP contribution in [-0.4, -0.2) is 42.9 Å². The highest BCUT2D eigenvalue weighted by Gasteiger charge is 2.23. The molecule has 3 rings (SSSR count). The highest BCUT2D eigenvalue weighted by Crippen LogP contribution is 2.32. The molecule has 2 amide bonds. The van der Waals surface area contributed by atoms with Crippen molar-refractivity contribution in [2.45, 2.75) is 20.3 Å². The van der Waals surface area contributed by atoms with Crippen LogP contribution < -0.4 is 15.4 Å². The molecule has 7 heteroatoms. The Balaban J connectivity index is 1.62. The van der Waals surface area contributed by atoms with Crippen LogP contribution in [-0.2, 0) is 4.79 Å². The van der Waals surface area contributed by atoms with E-state index in [2.05, 4.69) is 29.4 Å². The van der Waals surface area contributed by atoms with Crippen LogP contribution in [0.4, 0.5) is 5.69 Å². The number of amides is 2. The second kappa shape index (κ2) is 10.3. The van der Waals surface area contributed by atoms with Crippen molar-refractivity contribution in [3.05, 3.63) is 64.4 Å². The number of fused-ring (bicyclic) bond motifs is 1. The van der Waals surface area contributed by atoms with Crippen LogP contribution in [0.5, 0.6) is 5.75 Å². The fourth-order valence-electron chi connectivity index (χ4n) is 3.16. The van der Waals surface area contributed by atoms with Crippen molar-refractivity contribution < 1.29 is 14.3 Å². The summed E-state index contributed by atoms with van der Waals surface area (Å²) in [6, 6.07) is 12.1. The molecule has 158 valence electrons. The second-order valence-corrected chi connectivity index (χ2v) is 7.40. The molecule has 6 nitrogen and oxygen atoms in total. The Kier molecular flexibility index (Phi) is 7.49. The van der Waals surface area contributed by atoms with E-state index in [4.69, 9.17) is 16.3 Å². The number of carbonyl (C=O) groups is 2. The molecule has 0 unspecified atom stereocenters. The lowest BCUT2D eigenvalue weighted by molar-refractivity contribution is -0.115. The van der Waals surface area contributed by atoms with Gasteiger partial charge in [-0.15, -0.1) is 0 Å². The summed E-state index contributed by atoms with van der Waals surface area (Å²) < 4.78 is 5.74. The Morgan fingerprint density at radius 1 is 1.17 bits per heavy atom.